The zero-order valence-electron chi connectivity index (χ0n) is 9.23. The van der Waals surface area contributed by atoms with E-state index in [1.165, 1.54) is 7.11 Å². The highest BCUT2D eigenvalue weighted by Crippen LogP contribution is 2.34. The molecule has 1 N–H and O–H groups in total. The Bertz CT molecular complexity index is 371. The van der Waals surface area contributed by atoms with Gasteiger partial charge in [-0.25, -0.2) is 0 Å². The Morgan fingerprint density at radius 3 is 2.88 bits per heavy atom. The largest absolute Gasteiger partial charge is 0.490 e. The van der Waals surface area contributed by atoms with Crippen LogP contribution in [0, 0.1) is 10.1 Å². The summed E-state index contributed by atoms with van der Waals surface area (Å²) in [5.74, 6) is 1.17. The van der Waals surface area contributed by atoms with E-state index in [1.807, 2.05) is 6.26 Å². The maximum atomic E-state index is 10.9. The summed E-state index contributed by atoms with van der Waals surface area (Å²) in [6.45, 7) is 0.690. The first kappa shape index (κ1) is 12.6. The van der Waals surface area contributed by atoms with Crippen molar-refractivity contribution in [2.45, 2.75) is 0 Å². The van der Waals surface area contributed by atoms with E-state index in [9.17, 15) is 10.1 Å². The van der Waals surface area contributed by atoms with Gasteiger partial charge in [-0.15, -0.1) is 0 Å². The number of nitrogens with zero attached hydrogens (tertiary/aromatic N) is 1. The summed E-state index contributed by atoms with van der Waals surface area (Å²) in [6.07, 6.45) is 1.99. The third-order valence-electron chi connectivity index (χ3n) is 2.02. The molecule has 0 aliphatic heterocycles. The van der Waals surface area contributed by atoms with Crippen molar-refractivity contribution in [2.75, 3.05) is 31.0 Å². The fourth-order valence-corrected chi connectivity index (χ4v) is 1.61. The van der Waals surface area contributed by atoms with Gasteiger partial charge in [0.25, 0.3) is 0 Å². The van der Waals surface area contributed by atoms with Crippen molar-refractivity contribution in [2.24, 2.45) is 0 Å². The smallest absolute Gasteiger partial charge is 0.333 e. The van der Waals surface area contributed by atoms with Gasteiger partial charge in [0.2, 0.25) is 0 Å². The number of methoxy groups -OCH3 is 1. The maximum absolute atomic E-state index is 10.9. The number of thioether (sulfide) groups is 1. The second-order valence-electron chi connectivity index (χ2n) is 3.03. The van der Waals surface area contributed by atoms with Gasteiger partial charge in [-0.05, 0) is 18.4 Å². The summed E-state index contributed by atoms with van der Waals surface area (Å²) in [7, 11) is 1.42. The molecule has 6 heteroatoms. The summed E-state index contributed by atoms with van der Waals surface area (Å²) >= 11 is 1.68. The molecule has 0 radical (unpaired) electrons. The number of benzene rings is 1. The molecule has 0 aliphatic carbocycles. The van der Waals surface area contributed by atoms with Crippen LogP contribution >= 0.6 is 11.8 Å². The normalized spacial score (nSPS) is 9.88. The Balaban J connectivity index is 2.93. The molecule has 0 aromatic heterocycles. The van der Waals surface area contributed by atoms with E-state index in [-0.39, 0.29) is 11.4 Å². The topological polar surface area (TPSA) is 64.4 Å². The van der Waals surface area contributed by atoms with Crippen LogP contribution in [0.3, 0.4) is 0 Å². The molecule has 0 heterocycles. The monoisotopic (exact) mass is 242 g/mol. The van der Waals surface area contributed by atoms with Crippen LogP contribution in [0.4, 0.5) is 11.4 Å². The first-order valence-electron chi connectivity index (χ1n) is 4.75. The fraction of sp³-hybridized carbons (Fsp3) is 0.400. The van der Waals surface area contributed by atoms with E-state index in [0.717, 1.165) is 5.75 Å². The van der Waals surface area contributed by atoms with Crippen LogP contribution in [-0.4, -0.2) is 30.6 Å². The lowest BCUT2D eigenvalue weighted by Gasteiger charge is -2.08. The first-order valence-corrected chi connectivity index (χ1v) is 6.14. The minimum atomic E-state index is -0.430. The lowest BCUT2D eigenvalue weighted by molar-refractivity contribution is -0.384. The van der Waals surface area contributed by atoms with Gasteiger partial charge >= 0.3 is 5.69 Å². The summed E-state index contributed by atoms with van der Waals surface area (Å²) in [6, 6.07) is 4.99. The van der Waals surface area contributed by atoms with Crippen molar-refractivity contribution in [3.8, 4) is 5.75 Å². The SMILES string of the molecule is COc1cccc(NCCSC)c1[N+](=O)[O-]. The van der Waals surface area contributed by atoms with Crippen molar-refractivity contribution in [1.29, 1.82) is 0 Å². The van der Waals surface area contributed by atoms with E-state index < -0.39 is 4.92 Å². The molecule has 0 saturated carbocycles. The molecule has 1 aromatic carbocycles. The van der Waals surface area contributed by atoms with Crippen LogP contribution in [0.2, 0.25) is 0 Å². The van der Waals surface area contributed by atoms with Crippen molar-refractivity contribution in [3.63, 3.8) is 0 Å². The average Bonchev–Trinajstić information content (AvgIpc) is 2.28. The summed E-state index contributed by atoms with van der Waals surface area (Å²) in [5, 5.41) is 13.9. The fourth-order valence-electron chi connectivity index (χ4n) is 1.31. The minimum absolute atomic E-state index is 0.00824. The lowest BCUT2D eigenvalue weighted by atomic mass is 10.2. The third kappa shape index (κ3) is 3.03. The van der Waals surface area contributed by atoms with Gasteiger partial charge in [-0.2, -0.15) is 11.8 Å². The van der Waals surface area contributed by atoms with Crippen molar-refractivity contribution < 1.29 is 9.66 Å². The minimum Gasteiger partial charge on any atom is -0.490 e. The summed E-state index contributed by atoms with van der Waals surface area (Å²) < 4.78 is 4.97. The van der Waals surface area contributed by atoms with Gasteiger partial charge in [0.15, 0.2) is 5.75 Å². The van der Waals surface area contributed by atoms with E-state index in [1.54, 1.807) is 30.0 Å². The van der Waals surface area contributed by atoms with E-state index in [4.69, 9.17) is 4.74 Å². The number of hydrogen-bond acceptors (Lipinski definition) is 5. The predicted molar refractivity (Wildman–Crippen MR) is 66.5 cm³/mol. The molecule has 0 atom stereocenters. The standard InChI is InChI=1S/C10H14N2O3S/c1-15-9-5-3-4-8(10(9)12(13)14)11-6-7-16-2/h3-5,11H,6-7H2,1-2H3. The number of nitro benzene ring substituents is 1. The zero-order valence-corrected chi connectivity index (χ0v) is 10.0. The van der Waals surface area contributed by atoms with Crippen LogP contribution in [0.5, 0.6) is 5.75 Å². The van der Waals surface area contributed by atoms with Crippen LogP contribution in [0.15, 0.2) is 18.2 Å². The highest BCUT2D eigenvalue weighted by Gasteiger charge is 2.19. The van der Waals surface area contributed by atoms with E-state index >= 15 is 0 Å². The number of anilines is 1. The number of ether oxygens (including phenoxy) is 1. The van der Waals surface area contributed by atoms with E-state index in [0.29, 0.717) is 12.2 Å². The molecule has 0 spiro atoms. The van der Waals surface area contributed by atoms with E-state index in [2.05, 4.69) is 5.32 Å². The Morgan fingerprint density at radius 1 is 1.56 bits per heavy atom. The molecule has 16 heavy (non-hydrogen) atoms. The molecule has 0 amide bonds. The van der Waals surface area contributed by atoms with Gasteiger partial charge in [-0.3, -0.25) is 10.1 Å². The van der Waals surface area contributed by atoms with Crippen LogP contribution in [0.25, 0.3) is 0 Å². The second kappa shape index (κ2) is 6.22. The van der Waals surface area contributed by atoms with Crippen LogP contribution < -0.4 is 10.1 Å². The van der Waals surface area contributed by atoms with Gasteiger partial charge in [0.05, 0.1) is 12.0 Å². The van der Waals surface area contributed by atoms with Gasteiger partial charge in [0, 0.05) is 12.3 Å². The van der Waals surface area contributed by atoms with Gasteiger partial charge in [-0.1, -0.05) is 6.07 Å². The Labute approximate surface area is 98.3 Å². The molecular formula is C10H14N2O3S. The van der Waals surface area contributed by atoms with Gasteiger partial charge in [0.1, 0.15) is 5.69 Å². The molecule has 0 unspecified atom stereocenters. The molecule has 0 aliphatic rings. The van der Waals surface area contributed by atoms with Crippen molar-refractivity contribution >= 4 is 23.1 Å². The highest BCUT2D eigenvalue weighted by molar-refractivity contribution is 7.98. The molecule has 0 fully saturated rings. The second-order valence-corrected chi connectivity index (χ2v) is 4.02. The Hall–Kier alpha value is -1.43. The quantitative estimate of drug-likeness (QED) is 0.471. The van der Waals surface area contributed by atoms with Crippen molar-refractivity contribution in [3.05, 3.63) is 28.3 Å². The molecule has 1 aromatic rings. The average molecular weight is 242 g/mol. The molecule has 88 valence electrons. The maximum Gasteiger partial charge on any atom is 0.333 e. The highest BCUT2D eigenvalue weighted by atomic mass is 32.2. The number of hydrogen-bond donors (Lipinski definition) is 1. The van der Waals surface area contributed by atoms with Crippen LogP contribution in [0.1, 0.15) is 0 Å². The summed E-state index contributed by atoms with van der Waals surface area (Å²) in [5.41, 5.74) is 0.490. The zero-order chi connectivity index (χ0) is 12.0. The number of para-hydroxylation sites is 1. The lowest BCUT2D eigenvalue weighted by Crippen LogP contribution is -2.06. The molecule has 0 saturated heterocycles. The predicted octanol–water partition coefficient (Wildman–Crippen LogP) is 2.38. The summed E-state index contributed by atoms with van der Waals surface area (Å²) in [4.78, 5) is 10.5. The molecule has 0 bridgehead atoms. The first-order chi connectivity index (χ1) is 7.70. The molecule has 1 rings (SSSR count). The van der Waals surface area contributed by atoms with Crippen molar-refractivity contribution in [1.82, 2.24) is 0 Å². The number of nitro groups is 1. The molecule has 5 nitrogen and oxygen atoms in total. The molecular weight excluding hydrogens is 228 g/mol. The third-order valence-corrected chi connectivity index (χ3v) is 2.64. The Morgan fingerprint density at radius 2 is 2.31 bits per heavy atom. The van der Waals surface area contributed by atoms with Gasteiger partial charge < -0.3 is 10.1 Å². The van der Waals surface area contributed by atoms with Crippen LogP contribution in [-0.2, 0) is 0 Å². The Kier molecular flexibility index (Phi) is 4.91. The number of nitrogens with one attached hydrogen (secondary N) is 1. The number of rotatable bonds is 6.